The van der Waals surface area contributed by atoms with Crippen LogP contribution in [-0.2, 0) is 4.74 Å². The molecule has 0 aliphatic rings. The summed E-state index contributed by atoms with van der Waals surface area (Å²) in [5.41, 5.74) is 1.42. The number of nitro groups is 1. The molecule has 2 aromatic heterocycles. The Morgan fingerprint density at radius 1 is 1.32 bits per heavy atom. The first-order chi connectivity index (χ1) is 10.6. The van der Waals surface area contributed by atoms with Crippen LogP contribution >= 0.6 is 0 Å². The molecule has 0 aliphatic heterocycles. The second kappa shape index (κ2) is 5.41. The van der Waals surface area contributed by atoms with Crippen molar-refractivity contribution in [2.24, 2.45) is 0 Å². The Labute approximate surface area is 123 Å². The lowest BCUT2D eigenvalue weighted by Crippen LogP contribution is -2.10. The quantitative estimate of drug-likeness (QED) is 0.430. The van der Waals surface area contributed by atoms with Crippen molar-refractivity contribution in [2.45, 2.75) is 0 Å². The molecular weight excluding hydrogens is 290 g/mol. The fraction of sp³-hybridized carbons (Fsp3) is 0.143. The van der Waals surface area contributed by atoms with Gasteiger partial charge in [0.1, 0.15) is 12.3 Å². The molecule has 3 rings (SSSR count). The molecule has 0 spiro atoms. The van der Waals surface area contributed by atoms with E-state index in [2.05, 4.69) is 9.97 Å². The number of aromatic amines is 1. The summed E-state index contributed by atoms with van der Waals surface area (Å²) in [4.78, 5) is 29.2. The van der Waals surface area contributed by atoms with E-state index in [1.165, 1.54) is 24.4 Å². The maximum atomic E-state index is 11.8. The number of rotatable bonds is 4. The lowest BCUT2D eigenvalue weighted by atomic mass is 10.1. The van der Waals surface area contributed by atoms with E-state index < -0.39 is 10.9 Å². The summed E-state index contributed by atoms with van der Waals surface area (Å²) in [6.07, 6.45) is 1.47. The number of carbonyl (C=O) groups excluding carboxylic acids is 1. The number of hydrogen-bond donors (Lipinski definition) is 2. The number of aromatic nitrogens is 2. The molecule has 8 nitrogen and oxygen atoms in total. The van der Waals surface area contributed by atoms with Crippen LogP contribution in [0, 0.1) is 10.1 Å². The predicted octanol–water partition coefficient (Wildman–Crippen LogP) is 1.77. The first-order valence-electron chi connectivity index (χ1n) is 6.44. The number of nitro benzene ring substituents is 1. The zero-order chi connectivity index (χ0) is 15.7. The Morgan fingerprint density at radius 2 is 2.09 bits per heavy atom. The number of aliphatic hydroxyl groups excluding tert-OH is 1. The number of fused-ring (bicyclic) bond motifs is 3. The number of pyridine rings is 1. The van der Waals surface area contributed by atoms with E-state index in [9.17, 15) is 14.9 Å². The Bertz CT molecular complexity index is 887. The van der Waals surface area contributed by atoms with E-state index in [4.69, 9.17) is 9.84 Å². The summed E-state index contributed by atoms with van der Waals surface area (Å²) in [5.74, 6) is -0.657. The maximum Gasteiger partial charge on any atom is 0.357 e. The van der Waals surface area contributed by atoms with Crippen molar-refractivity contribution in [1.29, 1.82) is 0 Å². The number of H-pyrrole nitrogens is 1. The predicted molar refractivity (Wildman–Crippen MR) is 77.6 cm³/mol. The third kappa shape index (κ3) is 2.35. The second-order valence-electron chi connectivity index (χ2n) is 4.59. The van der Waals surface area contributed by atoms with E-state index in [1.54, 1.807) is 6.07 Å². The minimum atomic E-state index is -0.657. The van der Waals surface area contributed by atoms with Gasteiger partial charge in [-0.15, -0.1) is 0 Å². The van der Waals surface area contributed by atoms with Gasteiger partial charge in [0.25, 0.3) is 5.69 Å². The smallest absolute Gasteiger partial charge is 0.357 e. The van der Waals surface area contributed by atoms with Crippen LogP contribution in [-0.4, -0.2) is 39.2 Å². The molecule has 0 aliphatic carbocycles. The largest absolute Gasteiger partial charge is 0.459 e. The SMILES string of the molecule is O=C(OCCO)c1cc2c(cn1)[nH]c1ccc([N+](=O)[O-])cc12. The molecule has 0 bridgehead atoms. The number of benzene rings is 1. The van der Waals surface area contributed by atoms with Gasteiger partial charge in [0.2, 0.25) is 0 Å². The number of esters is 1. The highest BCUT2D eigenvalue weighted by atomic mass is 16.6. The number of ether oxygens (including phenoxy) is 1. The maximum absolute atomic E-state index is 11.8. The molecule has 8 heteroatoms. The molecule has 0 unspecified atom stereocenters. The zero-order valence-corrected chi connectivity index (χ0v) is 11.3. The molecule has 1 aromatic carbocycles. The first-order valence-corrected chi connectivity index (χ1v) is 6.44. The Kier molecular flexibility index (Phi) is 3.43. The molecule has 0 saturated carbocycles. The average Bonchev–Trinajstić information content (AvgIpc) is 2.89. The zero-order valence-electron chi connectivity index (χ0n) is 11.3. The van der Waals surface area contributed by atoms with Crippen LogP contribution in [0.25, 0.3) is 21.8 Å². The number of non-ortho nitro benzene ring substituents is 1. The van der Waals surface area contributed by atoms with E-state index >= 15 is 0 Å². The van der Waals surface area contributed by atoms with Crippen LogP contribution < -0.4 is 0 Å². The summed E-state index contributed by atoms with van der Waals surface area (Å²) in [6.45, 7) is -0.384. The molecule has 3 aromatic rings. The van der Waals surface area contributed by atoms with Crippen LogP contribution in [0.15, 0.2) is 30.5 Å². The van der Waals surface area contributed by atoms with Gasteiger partial charge in [-0.05, 0) is 12.1 Å². The number of aliphatic hydroxyl groups is 1. The van der Waals surface area contributed by atoms with Gasteiger partial charge in [0.15, 0.2) is 0 Å². The van der Waals surface area contributed by atoms with Gasteiger partial charge in [0.05, 0.1) is 23.2 Å². The lowest BCUT2D eigenvalue weighted by molar-refractivity contribution is -0.384. The molecule has 0 fully saturated rings. The fourth-order valence-electron chi connectivity index (χ4n) is 2.22. The van der Waals surface area contributed by atoms with Gasteiger partial charge >= 0.3 is 5.97 Å². The molecular formula is C14H11N3O5. The van der Waals surface area contributed by atoms with E-state index in [0.717, 1.165) is 0 Å². The van der Waals surface area contributed by atoms with Crippen LogP contribution in [0.1, 0.15) is 10.5 Å². The van der Waals surface area contributed by atoms with E-state index in [0.29, 0.717) is 21.8 Å². The topological polar surface area (TPSA) is 118 Å². The summed E-state index contributed by atoms with van der Waals surface area (Å²) in [7, 11) is 0. The van der Waals surface area contributed by atoms with E-state index in [-0.39, 0.29) is 24.6 Å². The molecule has 112 valence electrons. The van der Waals surface area contributed by atoms with Crippen molar-refractivity contribution >= 4 is 33.5 Å². The summed E-state index contributed by atoms with van der Waals surface area (Å²) < 4.78 is 4.81. The minimum Gasteiger partial charge on any atom is -0.459 e. The van der Waals surface area contributed by atoms with Crippen molar-refractivity contribution < 1.29 is 19.6 Å². The van der Waals surface area contributed by atoms with Crippen LogP contribution in [0.3, 0.4) is 0 Å². The van der Waals surface area contributed by atoms with Crippen molar-refractivity contribution in [3.05, 3.63) is 46.3 Å². The normalized spacial score (nSPS) is 11.0. The van der Waals surface area contributed by atoms with E-state index in [1.807, 2.05) is 0 Å². The summed E-state index contributed by atoms with van der Waals surface area (Å²) in [6, 6.07) is 5.97. The monoisotopic (exact) mass is 301 g/mol. The summed E-state index contributed by atoms with van der Waals surface area (Å²) >= 11 is 0. The number of nitrogens with one attached hydrogen (secondary N) is 1. The Morgan fingerprint density at radius 3 is 2.82 bits per heavy atom. The fourth-order valence-corrected chi connectivity index (χ4v) is 2.22. The molecule has 2 heterocycles. The van der Waals surface area contributed by atoms with Crippen LogP contribution in [0.2, 0.25) is 0 Å². The minimum absolute atomic E-state index is 0.0328. The van der Waals surface area contributed by atoms with Gasteiger partial charge in [-0.1, -0.05) is 0 Å². The van der Waals surface area contributed by atoms with Crippen LogP contribution in [0.4, 0.5) is 5.69 Å². The Balaban J connectivity index is 2.12. The first kappa shape index (κ1) is 14.0. The van der Waals surface area contributed by atoms with Gasteiger partial charge in [-0.2, -0.15) is 0 Å². The Hall–Kier alpha value is -3.00. The number of nitrogens with zero attached hydrogens (tertiary/aromatic N) is 2. The lowest BCUT2D eigenvalue weighted by Gasteiger charge is -2.01. The van der Waals surface area contributed by atoms with Gasteiger partial charge in [-0.25, -0.2) is 9.78 Å². The summed E-state index contributed by atoms with van der Waals surface area (Å²) in [5, 5.41) is 20.8. The van der Waals surface area contributed by atoms with Crippen LogP contribution in [0.5, 0.6) is 0 Å². The second-order valence-corrected chi connectivity index (χ2v) is 4.59. The number of hydrogen-bond acceptors (Lipinski definition) is 6. The highest BCUT2D eigenvalue weighted by Gasteiger charge is 2.14. The molecule has 0 atom stereocenters. The molecule has 2 N–H and O–H groups in total. The molecule has 0 saturated heterocycles. The van der Waals surface area contributed by atoms with Crippen molar-refractivity contribution in [3.63, 3.8) is 0 Å². The van der Waals surface area contributed by atoms with Gasteiger partial charge in [0, 0.05) is 28.4 Å². The highest BCUT2D eigenvalue weighted by molar-refractivity contribution is 6.09. The van der Waals surface area contributed by atoms with Crippen molar-refractivity contribution in [2.75, 3.05) is 13.2 Å². The highest BCUT2D eigenvalue weighted by Crippen LogP contribution is 2.28. The third-order valence-corrected chi connectivity index (χ3v) is 3.21. The van der Waals surface area contributed by atoms with Gasteiger partial charge < -0.3 is 14.8 Å². The van der Waals surface area contributed by atoms with Gasteiger partial charge in [-0.3, -0.25) is 10.1 Å². The van der Waals surface area contributed by atoms with Crippen molar-refractivity contribution in [3.8, 4) is 0 Å². The third-order valence-electron chi connectivity index (χ3n) is 3.21. The standard InChI is InChI=1S/C14H11N3O5/c18-3-4-22-14(19)12-6-10-9-5-8(17(20)21)1-2-11(9)16-13(10)7-15-12/h1-2,5-7,16,18H,3-4H2. The van der Waals surface area contributed by atoms with Crippen molar-refractivity contribution in [1.82, 2.24) is 9.97 Å². The molecule has 22 heavy (non-hydrogen) atoms. The molecule has 0 amide bonds. The number of carbonyl (C=O) groups is 1. The average molecular weight is 301 g/mol. The molecule has 0 radical (unpaired) electrons.